The Morgan fingerprint density at radius 1 is 1.20 bits per heavy atom. The maximum atomic E-state index is 12.5. The van der Waals surface area contributed by atoms with Gasteiger partial charge in [-0.15, -0.1) is 11.3 Å². The molecule has 0 saturated heterocycles. The fourth-order valence-corrected chi connectivity index (χ4v) is 3.06. The van der Waals surface area contributed by atoms with E-state index in [0.29, 0.717) is 17.9 Å². The highest BCUT2D eigenvalue weighted by Gasteiger charge is 2.12. The van der Waals surface area contributed by atoms with Crippen LogP contribution in [-0.2, 0) is 6.61 Å². The number of nitrogens with zero attached hydrogens (tertiary/aromatic N) is 1. The lowest BCUT2D eigenvalue weighted by Gasteiger charge is -2.14. The molecule has 0 radical (unpaired) electrons. The van der Waals surface area contributed by atoms with Gasteiger partial charge in [0.1, 0.15) is 12.4 Å². The molecule has 1 unspecified atom stereocenters. The second-order valence-corrected chi connectivity index (χ2v) is 6.84. The second kappa shape index (κ2) is 7.94. The Kier molecular flexibility index (Phi) is 5.46. The lowest BCUT2D eigenvalue weighted by molar-refractivity contribution is 0.0939. The smallest absolute Gasteiger partial charge is 0.251 e. The summed E-state index contributed by atoms with van der Waals surface area (Å²) < 4.78 is 5.75. The van der Waals surface area contributed by atoms with Gasteiger partial charge < -0.3 is 10.1 Å². The number of hydrogen-bond acceptors (Lipinski definition) is 4. The van der Waals surface area contributed by atoms with Crippen LogP contribution in [0.1, 0.15) is 39.6 Å². The molecule has 0 spiro atoms. The Labute approximate surface area is 151 Å². The molecule has 5 heteroatoms. The molecular weight excluding hydrogens is 332 g/mol. The van der Waals surface area contributed by atoms with Crippen LogP contribution in [0.3, 0.4) is 0 Å². The van der Waals surface area contributed by atoms with Crippen LogP contribution in [0.2, 0.25) is 0 Å². The van der Waals surface area contributed by atoms with E-state index in [0.717, 1.165) is 16.3 Å². The van der Waals surface area contributed by atoms with Gasteiger partial charge in [0.15, 0.2) is 0 Å². The summed E-state index contributed by atoms with van der Waals surface area (Å²) in [5.74, 6) is 0.539. The van der Waals surface area contributed by atoms with Crippen molar-refractivity contribution in [3.63, 3.8) is 0 Å². The first-order chi connectivity index (χ1) is 12.1. The molecule has 0 saturated carbocycles. The van der Waals surface area contributed by atoms with Crippen LogP contribution in [0.5, 0.6) is 5.75 Å². The van der Waals surface area contributed by atoms with E-state index in [2.05, 4.69) is 10.3 Å². The Balaban J connectivity index is 1.63. The number of amides is 1. The zero-order valence-corrected chi connectivity index (χ0v) is 15.0. The molecule has 1 heterocycles. The van der Waals surface area contributed by atoms with Gasteiger partial charge in [-0.1, -0.05) is 36.4 Å². The van der Waals surface area contributed by atoms with Crippen molar-refractivity contribution < 1.29 is 9.53 Å². The van der Waals surface area contributed by atoms with E-state index in [9.17, 15) is 4.79 Å². The number of thiazole rings is 1. The normalized spacial score (nSPS) is 11.8. The highest BCUT2D eigenvalue weighted by atomic mass is 32.1. The van der Waals surface area contributed by atoms with Crippen LogP contribution in [0.15, 0.2) is 60.0 Å². The molecule has 4 nitrogen and oxygen atoms in total. The third-order valence-corrected chi connectivity index (χ3v) is 4.62. The molecule has 0 bridgehead atoms. The topological polar surface area (TPSA) is 51.2 Å². The lowest BCUT2D eigenvalue weighted by atomic mass is 10.1. The predicted octanol–water partition coefficient (Wildman–Crippen LogP) is 4.52. The van der Waals surface area contributed by atoms with Crippen LogP contribution >= 0.6 is 11.3 Å². The van der Waals surface area contributed by atoms with Crippen LogP contribution in [0.25, 0.3) is 0 Å². The van der Waals surface area contributed by atoms with Gasteiger partial charge in [-0.05, 0) is 37.6 Å². The highest BCUT2D eigenvalue weighted by Crippen LogP contribution is 2.18. The summed E-state index contributed by atoms with van der Waals surface area (Å²) >= 11 is 1.60. The number of ether oxygens (including phenoxy) is 1. The fraction of sp³-hybridized carbons (Fsp3) is 0.200. The van der Waals surface area contributed by atoms with E-state index in [1.807, 2.05) is 61.7 Å². The van der Waals surface area contributed by atoms with Crippen molar-refractivity contribution in [1.82, 2.24) is 10.3 Å². The zero-order chi connectivity index (χ0) is 17.6. The average molecular weight is 352 g/mol. The predicted molar refractivity (Wildman–Crippen MR) is 99.9 cm³/mol. The number of rotatable bonds is 6. The van der Waals surface area contributed by atoms with Gasteiger partial charge in [-0.3, -0.25) is 4.79 Å². The first-order valence-corrected chi connectivity index (χ1v) is 8.99. The Hall–Kier alpha value is -2.66. The summed E-state index contributed by atoms with van der Waals surface area (Å²) in [5.41, 5.74) is 2.55. The van der Waals surface area contributed by atoms with E-state index in [1.54, 1.807) is 23.5 Å². The maximum Gasteiger partial charge on any atom is 0.251 e. The number of carbonyl (C=O) groups excluding carboxylic acids is 1. The van der Waals surface area contributed by atoms with E-state index in [-0.39, 0.29) is 11.9 Å². The van der Waals surface area contributed by atoms with Gasteiger partial charge in [0.05, 0.1) is 16.7 Å². The molecule has 1 atom stereocenters. The number of nitrogens with one attached hydrogen (secondary N) is 1. The summed E-state index contributed by atoms with van der Waals surface area (Å²) in [4.78, 5) is 16.9. The van der Waals surface area contributed by atoms with Gasteiger partial charge >= 0.3 is 0 Å². The van der Waals surface area contributed by atoms with Crippen LogP contribution in [0, 0.1) is 6.92 Å². The lowest BCUT2D eigenvalue weighted by Crippen LogP contribution is -2.26. The minimum absolute atomic E-state index is 0.0590. The van der Waals surface area contributed by atoms with Crippen LogP contribution < -0.4 is 10.1 Å². The van der Waals surface area contributed by atoms with Crippen molar-refractivity contribution in [3.05, 3.63) is 81.8 Å². The van der Waals surface area contributed by atoms with Crippen molar-refractivity contribution in [2.75, 3.05) is 0 Å². The summed E-state index contributed by atoms with van der Waals surface area (Å²) in [6, 6.07) is 17.0. The third kappa shape index (κ3) is 4.67. The van der Waals surface area contributed by atoms with Gasteiger partial charge in [-0.2, -0.15) is 0 Å². The summed E-state index contributed by atoms with van der Waals surface area (Å²) in [6.07, 6.45) is 0. The number of aromatic nitrogens is 1. The second-order valence-electron chi connectivity index (χ2n) is 5.78. The standard InChI is InChI=1S/C20H20N2O2S/c1-14(16-7-4-3-5-8-16)21-20(23)17-9-6-10-19(11-17)24-12-18-13-25-15(2)22-18/h3-11,13-14H,12H2,1-2H3,(H,21,23). The number of aryl methyl sites for hydroxylation is 1. The fourth-order valence-electron chi connectivity index (χ4n) is 2.46. The molecule has 1 amide bonds. The zero-order valence-electron chi connectivity index (χ0n) is 14.2. The number of hydrogen-bond donors (Lipinski definition) is 1. The van der Waals surface area contributed by atoms with E-state index >= 15 is 0 Å². The average Bonchev–Trinajstić information content (AvgIpc) is 3.06. The van der Waals surface area contributed by atoms with Crippen molar-refractivity contribution in [3.8, 4) is 5.75 Å². The molecule has 2 aromatic carbocycles. The van der Waals surface area contributed by atoms with Gasteiger partial charge in [-0.25, -0.2) is 4.98 Å². The molecule has 3 aromatic rings. The number of benzene rings is 2. The molecule has 128 valence electrons. The summed E-state index contributed by atoms with van der Waals surface area (Å²) in [5, 5.41) is 6.01. The van der Waals surface area contributed by atoms with Crippen molar-refractivity contribution in [1.29, 1.82) is 0 Å². The molecule has 1 aromatic heterocycles. The third-order valence-electron chi connectivity index (χ3n) is 3.80. The quantitative estimate of drug-likeness (QED) is 0.709. The Morgan fingerprint density at radius 2 is 2.00 bits per heavy atom. The SMILES string of the molecule is Cc1nc(COc2cccc(C(=O)NC(C)c3ccccc3)c2)cs1. The monoisotopic (exact) mass is 352 g/mol. The van der Waals surface area contributed by atoms with Crippen molar-refractivity contribution >= 4 is 17.2 Å². The van der Waals surface area contributed by atoms with E-state index in [4.69, 9.17) is 4.74 Å². The van der Waals surface area contributed by atoms with Gasteiger partial charge in [0, 0.05) is 10.9 Å². The molecule has 25 heavy (non-hydrogen) atoms. The molecule has 0 fully saturated rings. The largest absolute Gasteiger partial charge is 0.487 e. The number of carbonyl (C=O) groups is 1. The Morgan fingerprint density at radius 3 is 2.72 bits per heavy atom. The molecule has 1 N–H and O–H groups in total. The van der Waals surface area contributed by atoms with E-state index in [1.165, 1.54) is 0 Å². The molecule has 0 aliphatic rings. The van der Waals surface area contributed by atoms with E-state index < -0.39 is 0 Å². The molecule has 0 aliphatic heterocycles. The van der Waals surface area contributed by atoms with Crippen molar-refractivity contribution in [2.24, 2.45) is 0 Å². The molecular formula is C20H20N2O2S. The van der Waals surface area contributed by atoms with Gasteiger partial charge in [0.25, 0.3) is 5.91 Å². The summed E-state index contributed by atoms with van der Waals surface area (Å²) in [7, 11) is 0. The first kappa shape index (κ1) is 17.2. The summed E-state index contributed by atoms with van der Waals surface area (Å²) in [6.45, 7) is 4.33. The first-order valence-electron chi connectivity index (χ1n) is 8.11. The van der Waals surface area contributed by atoms with Crippen LogP contribution in [0.4, 0.5) is 0 Å². The highest BCUT2D eigenvalue weighted by molar-refractivity contribution is 7.09. The molecule has 0 aliphatic carbocycles. The van der Waals surface area contributed by atoms with Crippen molar-refractivity contribution in [2.45, 2.75) is 26.5 Å². The Bertz CT molecular complexity index is 846. The minimum Gasteiger partial charge on any atom is -0.487 e. The maximum absolute atomic E-state index is 12.5. The van der Waals surface area contributed by atoms with Gasteiger partial charge in [0.2, 0.25) is 0 Å². The molecule has 3 rings (SSSR count). The van der Waals surface area contributed by atoms with Crippen LogP contribution in [-0.4, -0.2) is 10.9 Å². The minimum atomic E-state index is -0.119.